The van der Waals surface area contributed by atoms with Crippen molar-refractivity contribution >= 4 is 22.4 Å². The Balaban J connectivity index is 1.65. The van der Waals surface area contributed by atoms with E-state index in [2.05, 4.69) is 10.3 Å². The Hall–Kier alpha value is -2.32. The summed E-state index contributed by atoms with van der Waals surface area (Å²) in [5, 5.41) is 5.41. The van der Waals surface area contributed by atoms with E-state index in [1.165, 1.54) is 11.3 Å². The standard InChI is InChI=1S/C16H20N4O3S/c1-20(2)14(10-3-4-12-13(7-10)23-9-22-12)15(21)18-6-5-11-8-24-16(17)19-11/h3-4,7-8,14H,5-6,9H2,1-2H3,(H2,17,19)(H,18,21)/t14-/m0/s1. The topological polar surface area (TPSA) is 89.7 Å². The first-order valence-electron chi connectivity index (χ1n) is 7.58. The van der Waals surface area contributed by atoms with Crippen LogP contribution in [0.4, 0.5) is 5.13 Å². The second-order valence-electron chi connectivity index (χ2n) is 5.70. The minimum Gasteiger partial charge on any atom is -0.454 e. The molecule has 24 heavy (non-hydrogen) atoms. The molecule has 1 atom stereocenters. The molecule has 0 radical (unpaired) electrons. The van der Waals surface area contributed by atoms with Crippen LogP contribution in [0.2, 0.25) is 0 Å². The number of nitrogen functional groups attached to an aromatic ring is 1. The third-order valence-electron chi connectivity index (χ3n) is 3.73. The predicted molar refractivity (Wildman–Crippen MR) is 92.2 cm³/mol. The lowest BCUT2D eigenvalue weighted by Gasteiger charge is -2.24. The van der Waals surface area contributed by atoms with E-state index in [0.717, 1.165) is 11.3 Å². The molecular weight excluding hydrogens is 328 g/mol. The smallest absolute Gasteiger partial charge is 0.241 e. The maximum atomic E-state index is 12.6. The fourth-order valence-corrected chi connectivity index (χ4v) is 3.21. The van der Waals surface area contributed by atoms with Gasteiger partial charge in [0, 0.05) is 18.3 Å². The number of nitrogens with one attached hydrogen (secondary N) is 1. The average Bonchev–Trinajstić information content (AvgIpc) is 3.15. The summed E-state index contributed by atoms with van der Waals surface area (Å²) in [4.78, 5) is 18.7. The van der Waals surface area contributed by atoms with Gasteiger partial charge in [0.05, 0.1) is 5.69 Å². The summed E-state index contributed by atoms with van der Waals surface area (Å²) >= 11 is 1.40. The molecule has 3 N–H and O–H groups in total. The Morgan fingerprint density at radius 2 is 2.21 bits per heavy atom. The number of likely N-dealkylation sites (N-methyl/N-ethyl adjacent to an activating group) is 1. The monoisotopic (exact) mass is 348 g/mol. The number of carbonyl (C=O) groups excluding carboxylic acids is 1. The van der Waals surface area contributed by atoms with Gasteiger partial charge in [0.1, 0.15) is 6.04 Å². The summed E-state index contributed by atoms with van der Waals surface area (Å²) in [6.45, 7) is 0.727. The maximum Gasteiger partial charge on any atom is 0.241 e. The van der Waals surface area contributed by atoms with Crippen LogP contribution in [0, 0.1) is 0 Å². The lowest BCUT2D eigenvalue weighted by Crippen LogP contribution is -2.37. The largest absolute Gasteiger partial charge is 0.454 e. The number of ether oxygens (including phenoxy) is 2. The Morgan fingerprint density at radius 3 is 2.92 bits per heavy atom. The highest BCUT2D eigenvalue weighted by Crippen LogP contribution is 2.35. The number of aromatic nitrogens is 1. The van der Waals surface area contributed by atoms with Crippen LogP contribution >= 0.6 is 11.3 Å². The molecule has 0 saturated heterocycles. The van der Waals surface area contributed by atoms with E-state index in [-0.39, 0.29) is 12.7 Å². The quantitative estimate of drug-likeness (QED) is 0.820. The van der Waals surface area contributed by atoms with Crippen LogP contribution in [-0.2, 0) is 11.2 Å². The molecule has 0 aliphatic carbocycles. The number of fused-ring (bicyclic) bond motifs is 1. The normalized spacial score (nSPS) is 14.0. The van der Waals surface area contributed by atoms with Crippen molar-refractivity contribution in [3.05, 3.63) is 34.8 Å². The fraction of sp³-hybridized carbons (Fsp3) is 0.375. The molecule has 128 valence electrons. The molecule has 1 aromatic carbocycles. The summed E-state index contributed by atoms with van der Waals surface area (Å²) in [6.07, 6.45) is 0.653. The first-order chi connectivity index (χ1) is 11.5. The Morgan fingerprint density at radius 1 is 1.42 bits per heavy atom. The lowest BCUT2D eigenvalue weighted by molar-refractivity contribution is -0.125. The zero-order valence-corrected chi connectivity index (χ0v) is 14.4. The first kappa shape index (κ1) is 16.5. The molecule has 2 aromatic rings. The van der Waals surface area contributed by atoms with E-state index >= 15 is 0 Å². The van der Waals surface area contributed by atoms with E-state index in [4.69, 9.17) is 15.2 Å². The van der Waals surface area contributed by atoms with Crippen LogP contribution < -0.4 is 20.5 Å². The highest BCUT2D eigenvalue weighted by Gasteiger charge is 2.25. The minimum atomic E-state index is -0.403. The molecule has 7 nitrogen and oxygen atoms in total. The van der Waals surface area contributed by atoms with Crippen LogP contribution in [-0.4, -0.2) is 43.2 Å². The number of thiazole rings is 1. The predicted octanol–water partition coefficient (Wildman–Crippen LogP) is 1.42. The molecular formula is C16H20N4O3S. The molecule has 3 rings (SSSR count). The third-order valence-corrected chi connectivity index (χ3v) is 4.45. The Bertz CT molecular complexity index is 732. The van der Waals surface area contributed by atoms with Gasteiger partial charge in [-0.25, -0.2) is 4.98 Å². The SMILES string of the molecule is CN(C)[C@H](C(=O)NCCc1csc(N)n1)c1ccc2c(c1)OCO2. The second-order valence-corrected chi connectivity index (χ2v) is 6.59. The van der Waals surface area contributed by atoms with Crippen molar-refractivity contribution in [1.82, 2.24) is 15.2 Å². The third kappa shape index (κ3) is 3.60. The van der Waals surface area contributed by atoms with Crippen LogP contribution in [0.5, 0.6) is 11.5 Å². The number of benzene rings is 1. The molecule has 0 bridgehead atoms. The minimum absolute atomic E-state index is 0.0675. The molecule has 0 unspecified atom stereocenters. The fourth-order valence-electron chi connectivity index (χ4n) is 2.62. The van der Waals surface area contributed by atoms with Gasteiger partial charge in [-0.15, -0.1) is 11.3 Å². The number of anilines is 1. The van der Waals surface area contributed by atoms with Crippen molar-refractivity contribution in [3.8, 4) is 11.5 Å². The van der Waals surface area contributed by atoms with E-state index in [1.54, 1.807) is 0 Å². The van der Waals surface area contributed by atoms with Gasteiger partial charge in [-0.1, -0.05) is 6.07 Å². The average molecular weight is 348 g/mol. The number of amides is 1. The highest BCUT2D eigenvalue weighted by atomic mass is 32.1. The van der Waals surface area contributed by atoms with Gasteiger partial charge in [-0.2, -0.15) is 0 Å². The summed E-state index contributed by atoms with van der Waals surface area (Å²) in [7, 11) is 3.74. The summed E-state index contributed by atoms with van der Waals surface area (Å²) in [6, 6.07) is 5.17. The van der Waals surface area contributed by atoms with E-state index in [1.807, 2.05) is 42.6 Å². The number of carbonyl (C=O) groups is 1. The van der Waals surface area contributed by atoms with Crippen molar-refractivity contribution in [2.75, 3.05) is 33.2 Å². The van der Waals surface area contributed by atoms with Gasteiger partial charge in [0.15, 0.2) is 16.6 Å². The first-order valence-corrected chi connectivity index (χ1v) is 8.46. The number of hydrogen-bond donors (Lipinski definition) is 2. The molecule has 0 fully saturated rings. The zero-order chi connectivity index (χ0) is 17.1. The van der Waals surface area contributed by atoms with Crippen molar-refractivity contribution in [2.45, 2.75) is 12.5 Å². The van der Waals surface area contributed by atoms with Crippen molar-refractivity contribution in [1.29, 1.82) is 0 Å². The van der Waals surface area contributed by atoms with Crippen LogP contribution in [0.1, 0.15) is 17.3 Å². The van der Waals surface area contributed by atoms with Gasteiger partial charge in [-0.3, -0.25) is 9.69 Å². The van der Waals surface area contributed by atoms with Crippen LogP contribution in [0.3, 0.4) is 0 Å². The molecule has 1 aliphatic heterocycles. The summed E-state index contributed by atoms with van der Waals surface area (Å²) < 4.78 is 10.7. The molecule has 8 heteroatoms. The number of hydrogen-bond acceptors (Lipinski definition) is 7. The molecule has 0 saturated carbocycles. The maximum absolute atomic E-state index is 12.6. The molecule has 1 aromatic heterocycles. The zero-order valence-electron chi connectivity index (χ0n) is 13.6. The Labute approximate surface area is 144 Å². The second kappa shape index (κ2) is 7.06. The van der Waals surface area contributed by atoms with Gasteiger partial charge in [0.2, 0.25) is 12.7 Å². The van der Waals surface area contributed by atoms with Crippen LogP contribution in [0.25, 0.3) is 0 Å². The van der Waals surface area contributed by atoms with Gasteiger partial charge >= 0.3 is 0 Å². The van der Waals surface area contributed by atoms with Gasteiger partial charge < -0.3 is 20.5 Å². The summed E-state index contributed by atoms with van der Waals surface area (Å²) in [5.41, 5.74) is 7.36. The van der Waals surface area contributed by atoms with Crippen molar-refractivity contribution in [2.24, 2.45) is 0 Å². The molecule has 0 spiro atoms. The van der Waals surface area contributed by atoms with E-state index in [0.29, 0.717) is 29.6 Å². The van der Waals surface area contributed by atoms with Crippen molar-refractivity contribution in [3.63, 3.8) is 0 Å². The summed E-state index contributed by atoms with van der Waals surface area (Å²) in [5.74, 6) is 1.31. The van der Waals surface area contributed by atoms with Gasteiger partial charge in [0.25, 0.3) is 0 Å². The van der Waals surface area contributed by atoms with Crippen LogP contribution in [0.15, 0.2) is 23.6 Å². The molecule has 1 amide bonds. The van der Waals surface area contributed by atoms with E-state index < -0.39 is 6.04 Å². The highest BCUT2D eigenvalue weighted by molar-refractivity contribution is 7.13. The number of nitrogens with two attached hydrogens (primary N) is 1. The lowest BCUT2D eigenvalue weighted by atomic mass is 10.0. The van der Waals surface area contributed by atoms with E-state index in [9.17, 15) is 4.79 Å². The molecule has 1 aliphatic rings. The Kier molecular flexibility index (Phi) is 4.86. The van der Waals surface area contributed by atoms with Gasteiger partial charge in [-0.05, 0) is 31.8 Å². The number of rotatable bonds is 6. The molecule has 2 heterocycles. The number of nitrogens with zero attached hydrogens (tertiary/aromatic N) is 2. The van der Waals surface area contributed by atoms with Crippen molar-refractivity contribution < 1.29 is 14.3 Å².